The van der Waals surface area contributed by atoms with Crippen LogP contribution in [0.15, 0.2) is 12.3 Å². The van der Waals surface area contributed by atoms with E-state index in [4.69, 9.17) is 5.73 Å². The molecule has 2 aromatic heterocycles. The van der Waals surface area contributed by atoms with Crippen molar-refractivity contribution in [3.8, 4) is 11.1 Å². The number of aryl methyl sites for hydroxylation is 3. The van der Waals surface area contributed by atoms with Crippen LogP contribution in [0.2, 0.25) is 0 Å². The average molecular weight is 216 g/mol. The van der Waals surface area contributed by atoms with E-state index in [0.717, 1.165) is 28.1 Å². The quantitative estimate of drug-likeness (QED) is 0.793. The first kappa shape index (κ1) is 10.7. The molecule has 16 heavy (non-hydrogen) atoms. The minimum atomic E-state index is 0.556. The van der Waals surface area contributed by atoms with Gasteiger partial charge in [0, 0.05) is 30.1 Å². The van der Waals surface area contributed by atoms with E-state index < -0.39 is 0 Å². The number of aromatic nitrogens is 3. The van der Waals surface area contributed by atoms with Crippen molar-refractivity contribution in [3.63, 3.8) is 0 Å². The summed E-state index contributed by atoms with van der Waals surface area (Å²) < 4.78 is 1.89. The number of nitrogens with two attached hydrogens (primary N) is 1. The van der Waals surface area contributed by atoms with Crippen molar-refractivity contribution < 1.29 is 0 Å². The molecule has 4 nitrogen and oxygen atoms in total. The van der Waals surface area contributed by atoms with E-state index in [1.165, 1.54) is 0 Å². The molecule has 0 saturated carbocycles. The van der Waals surface area contributed by atoms with E-state index in [2.05, 4.69) is 17.0 Å². The van der Waals surface area contributed by atoms with Gasteiger partial charge in [-0.25, -0.2) is 4.98 Å². The molecular formula is C12H16N4. The standard InChI is InChI=1S/C12H16N4/c1-7-5-11(13)14-6-10(7)12-8(2)15-16(4)9(12)3/h5-6H,1-4H3,(H2,13,14). The molecule has 2 N–H and O–H groups in total. The third-order valence-electron chi connectivity index (χ3n) is 2.91. The molecule has 2 aromatic rings. The Morgan fingerprint density at radius 3 is 2.44 bits per heavy atom. The lowest BCUT2D eigenvalue weighted by Crippen LogP contribution is -1.95. The van der Waals surface area contributed by atoms with Crippen LogP contribution in [0.25, 0.3) is 11.1 Å². The summed E-state index contributed by atoms with van der Waals surface area (Å²) in [4.78, 5) is 4.15. The molecule has 0 amide bonds. The van der Waals surface area contributed by atoms with Crippen LogP contribution in [0.5, 0.6) is 0 Å². The zero-order valence-electron chi connectivity index (χ0n) is 10.1. The first-order valence-corrected chi connectivity index (χ1v) is 5.23. The van der Waals surface area contributed by atoms with Crippen LogP contribution in [0.4, 0.5) is 5.82 Å². The van der Waals surface area contributed by atoms with E-state index in [-0.39, 0.29) is 0 Å². The van der Waals surface area contributed by atoms with Crippen molar-refractivity contribution in [1.82, 2.24) is 14.8 Å². The third-order valence-corrected chi connectivity index (χ3v) is 2.91. The summed E-state index contributed by atoms with van der Waals surface area (Å²) in [5, 5.41) is 4.41. The number of rotatable bonds is 1. The van der Waals surface area contributed by atoms with Crippen LogP contribution in [0, 0.1) is 20.8 Å². The highest BCUT2D eigenvalue weighted by molar-refractivity contribution is 5.71. The van der Waals surface area contributed by atoms with Crippen molar-refractivity contribution in [1.29, 1.82) is 0 Å². The summed E-state index contributed by atoms with van der Waals surface area (Å²) in [6.07, 6.45) is 1.82. The second-order valence-corrected chi connectivity index (χ2v) is 4.09. The summed E-state index contributed by atoms with van der Waals surface area (Å²) in [7, 11) is 1.95. The Bertz CT molecular complexity index is 540. The van der Waals surface area contributed by atoms with Gasteiger partial charge in [-0.1, -0.05) is 0 Å². The second kappa shape index (κ2) is 3.63. The van der Waals surface area contributed by atoms with E-state index in [9.17, 15) is 0 Å². The van der Waals surface area contributed by atoms with Crippen LogP contribution in [0.1, 0.15) is 17.0 Å². The van der Waals surface area contributed by atoms with E-state index in [0.29, 0.717) is 5.82 Å². The lowest BCUT2D eigenvalue weighted by atomic mass is 10.0. The van der Waals surface area contributed by atoms with E-state index in [1.807, 2.05) is 37.8 Å². The average Bonchev–Trinajstić information content (AvgIpc) is 2.43. The number of nitrogens with zero attached hydrogens (tertiary/aromatic N) is 3. The normalized spacial score (nSPS) is 10.8. The molecule has 2 rings (SSSR count). The van der Waals surface area contributed by atoms with Gasteiger partial charge in [-0.2, -0.15) is 5.10 Å². The van der Waals surface area contributed by atoms with Gasteiger partial charge in [-0.05, 0) is 32.4 Å². The largest absolute Gasteiger partial charge is 0.384 e. The van der Waals surface area contributed by atoms with Crippen LogP contribution in [-0.4, -0.2) is 14.8 Å². The van der Waals surface area contributed by atoms with Crippen LogP contribution >= 0.6 is 0 Å². The van der Waals surface area contributed by atoms with Gasteiger partial charge in [0.25, 0.3) is 0 Å². The van der Waals surface area contributed by atoms with E-state index in [1.54, 1.807) is 0 Å². The fourth-order valence-corrected chi connectivity index (χ4v) is 2.00. The Kier molecular flexibility index (Phi) is 2.42. The molecule has 4 heteroatoms. The molecule has 0 spiro atoms. The molecule has 0 saturated heterocycles. The Morgan fingerprint density at radius 2 is 1.94 bits per heavy atom. The molecule has 0 radical (unpaired) electrons. The van der Waals surface area contributed by atoms with E-state index >= 15 is 0 Å². The SMILES string of the molecule is Cc1cc(N)ncc1-c1c(C)nn(C)c1C. The molecule has 0 bridgehead atoms. The predicted octanol–water partition coefficient (Wildman–Crippen LogP) is 1.99. The molecule has 0 atom stereocenters. The Morgan fingerprint density at radius 1 is 1.25 bits per heavy atom. The van der Waals surface area contributed by atoms with Gasteiger partial charge >= 0.3 is 0 Å². The second-order valence-electron chi connectivity index (χ2n) is 4.09. The molecule has 0 aliphatic rings. The fraction of sp³-hybridized carbons (Fsp3) is 0.333. The van der Waals surface area contributed by atoms with Gasteiger partial charge in [-0.3, -0.25) is 4.68 Å². The van der Waals surface area contributed by atoms with Crippen LogP contribution in [0.3, 0.4) is 0 Å². The van der Waals surface area contributed by atoms with Crippen LogP contribution in [-0.2, 0) is 7.05 Å². The molecule has 0 aromatic carbocycles. The molecule has 2 heterocycles. The minimum absolute atomic E-state index is 0.556. The highest BCUT2D eigenvalue weighted by Crippen LogP contribution is 2.29. The number of anilines is 1. The lowest BCUT2D eigenvalue weighted by Gasteiger charge is -2.06. The van der Waals surface area contributed by atoms with Gasteiger partial charge in [0.1, 0.15) is 5.82 Å². The summed E-state index contributed by atoms with van der Waals surface area (Å²) in [5.74, 6) is 0.556. The maximum absolute atomic E-state index is 5.65. The zero-order chi connectivity index (χ0) is 11.9. The molecule has 0 fully saturated rings. The van der Waals surface area contributed by atoms with Crippen molar-refractivity contribution in [3.05, 3.63) is 29.2 Å². The Hall–Kier alpha value is -1.84. The molecule has 0 aliphatic carbocycles. The smallest absolute Gasteiger partial charge is 0.123 e. The topological polar surface area (TPSA) is 56.7 Å². The first-order valence-electron chi connectivity index (χ1n) is 5.23. The van der Waals surface area contributed by atoms with Gasteiger partial charge < -0.3 is 5.73 Å². The lowest BCUT2D eigenvalue weighted by molar-refractivity contribution is 0.731. The zero-order valence-corrected chi connectivity index (χ0v) is 10.1. The van der Waals surface area contributed by atoms with Gasteiger partial charge in [0.2, 0.25) is 0 Å². The maximum Gasteiger partial charge on any atom is 0.123 e. The minimum Gasteiger partial charge on any atom is -0.384 e. The molecule has 84 valence electrons. The Labute approximate surface area is 95.1 Å². The summed E-state index contributed by atoms with van der Waals surface area (Å²) in [6.45, 7) is 6.11. The predicted molar refractivity (Wildman–Crippen MR) is 65.1 cm³/mol. The number of hydrogen-bond donors (Lipinski definition) is 1. The highest BCUT2D eigenvalue weighted by atomic mass is 15.3. The van der Waals surface area contributed by atoms with Gasteiger partial charge in [-0.15, -0.1) is 0 Å². The Balaban J connectivity index is 2.67. The first-order chi connectivity index (χ1) is 7.50. The van der Waals surface area contributed by atoms with Crippen LogP contribution < -0.4 is 5.73 Å². The van der Waals surface area contributed by atoms with Gasteiger partial charge in [0.15, 0.2) is 0 Å². The molecule has 0 aliphatic heterocycles. The third kappa shape index (κ3) is 1.56. The highest BCUT2D eigenvalue weighted by Gasteiger charge is 2.13. The monoisotopic (exact) mass is 216 g/mol. The number of nitrogen functional groups attached to an aromatic ring is 1. The van der Waals surface area contributed by atoms with Crippen molar-refractivity contribution in [2.45, 2.75) is 20.8 Å². The summed E-state index contributed by atoms with van der Waals surface area (Å²) in [6, 6.07) is 1.89. The molecule has 0 unspecified atom stereocenters. The summed E-state index contributed by atoms with van der Waals surface area (Å²) in [5.41, 5.74) is 11.2. The molecular weight excluding hydrogens is 200 g/mol. The number of hydrogen-bond acceptors (Lipinski definition) is 3. The van der Waals surface area contributed by atoms with Crippen molar-refractivity contribution in [2.75, 3.05) is 5.73 Å². The van der Waals surface area contributed by atoms with Crippen molar-refractivity contribution in [2.24, 2.45) is 7.05 Å². The maximum atomic E-state index is 5.65. The number of pyridine rings is 1. The van der Waals surface area contributed by atoms with Crippen molar-refractivity contribution >= 4 is 5.82 Å². The van der Waals surface area contributed by atoms with Gasteiger partial charge in [0.05, 0.1) is 5.69 Å². The summed E-state index contributed by atoms with van der Waals surface area (Å²) >= 11 is 0. The fourth-order valence-electron chi connectivity index (χ4n) is 2.00.